The van der Waals surface area contributed by atoms with Crippen LogP contribution >= 0.6 is 34.8 Å². The average molecular weight is 343 g/mol. The third-order valence-electron chi connectivity index (χ3n) is 3.40. The molecule has 21 heavy (non-hydrogen) atoms. The van der Waals surface area contributed by atoms with Crippen molar-refractivity contribution in [2.45, 2.75) is 26.3 Å². The fraction of sp³-hybridized carbons (Fsp3) is 0.294. The van der Waals surface area contributed by atoms with E-state index in [0.29, 0.717) is 10.0 Å². The maximum atomic E-state index is 6.49. The number of hydrogen-bond acceptors (Lipinski definition) is 1. The van der Waals surface area contributed by atoms with Gasteiger partial charge in [-0.3, -0.25) is 0 Å². The molecule has 1 atom stereocenters. The number of aryl methyl sites for hydroxylation is 1. The number of nitrogens with one attached hydrogen (secondary N) is 1. The van der Waals surface area contributed by atoms with E-state index in [1.165, 1.54) is 0 Å². The van der Waals surface area contributed by atoms with Crippen molar-refractivity contribution in [3.05, 3.63) is 68.2 Å². The highest BCUT2D eigenvalue weighted by Gasteiger charge is 2.20. The van der Waals surface area contributed by atoms with Crippen LogP contribution in [0.3, 0.4) is 0 Å². The van der Waals surface area contributed by atoms with E-state index in [2.05, 4.69) is 12.2 Å². The summed E-state index contributed by atoms with van der Waals surface area (Å²) in [6.45, 7) is 5.00. The highest BCUT2D eigenvalue weighted by atomic mass is 35.5. The summed E-state index contributed by atoms with van der Waals surface area (Å²) in [6.07, 6.45) is 1.03. The van der Waals surface area contributed by atoms with E-state index in [-0.39, 0.29) is 6.04 Å². The summed E-state index contributed by atoms with van der Waals surface area (Å²) < 4.78 is 0. The minimum Gasteiger partial charge on any atom is -0.306 e. The van der Waals surface area contributed by atoms with Gasteiger partial charge in [0.2, 0.25) is 0 Å². The largest absolute Gasteiger partial charge is 0.306 e. The van der Waals surface area contributed by atoms with Crippen molar-refractivity contribution in [3.8, 4) is 0 Å². The Labute approximate surface area is 141 Å². The van der Waals surface area contributed by atoms with E-state index in [4.69, 9.17) is 34.8 Å². The van der Waals surface area contributed by atoms with Gasteiger partial charge in [-0.2, -0.15) is 0 Å². The normalized spacial score (nSPS) is 12.4. The van der Waals surface area contributed by atoms with Crippen LogP contribution in [-0.2, 0) is 0 Å². The Hall–Kier alpha value is -0.730. The lowest BCUT2D eigenvalue weighted by atomic mass is 9.97. The molecule has 0 aromatic heterocycles. The highest BCUT2D eigenvalue weighted by molar-refractivity contribution is 6.34. The molecule has 0 amide bonds. The zero-order valence-corrected chi connectivity index (χ0v) is 14.4. The molecule has 0 fully saturated rings. The Balaban J connectivity index is 2.52. The molecule has 0 aliphatic heterocycles. The van der Waals surface area contributed by atoms with Crippen molar-refractivity contribution < 1.29 is 0 Å². The fourth-order valence-corrected chi connectivity index (χ4v) is 2.95. The second kappa shape index (κ2) is 7.51. The van der Waals surface area contributed by atoms with E-state index in [9.17, 15) is 0 Å². The van der Waals surface area contributed by atoms with Crippen LogP contribution in [0.25, 0.3) is 0 Å². The summed E-state index contributed by atoms with van der Waals surface area (Å²) in [5.41, 5.74) is 3.02. The predicted octanol–water partition coefficient (Wildman–Crippen LogP) is 6.04. The Morgan fingerprint density at radius 2 is 1.81 bits per heavy atom. The van der Waals surface area contributed by atoms with Crippen LogP contribution in [0.2, 0.25) is 15.1 Å². The lowest BCUT2D eigenvalue weighted by molar-refractivity contribution is 0.598. The molecular formula is C17H18Cl3N. The molecule has 0 aliphatic carbocycles. The van der Waals surface area contributed by atoms with Crippen molar-refractivity contribution in [1.29, 1.82) is 0 Å². The van der Waals surface area contributed by atoms with Crippen molar-refractivity contribution in [2.75, 3.05) is 6.54 Å². The molecule has 0 bridgehead atoms. The first-order valence-corrected chi connectivity index (χ1v) is 8.11. The molecule has 0 saturated heterocycles. The third kappa shape index (κ3) is 3.92. The topological polar surface area (TPSA) is 12.0 Å². The SMILES string of the molecule is CCCNC(c1cc(Cl)ccc1Cl)c1cccc(C)c1Cl. The summed E-state index contributed by atoms with van der Waals surface area (Å²) in [7, 11) is 0. The standard InChI is InChI=1S/C17H18Cl3N/c1-3-9-21-17(13-6-4-5-11(2)16(13)20)14-10-12(18)7-8-15(14)19/h4-8,10,17,21H,3,9H2,1-2H3. The van der Waals surface area contributed by atoms with Gasteiger partial charge in [0.25, 0.3) is 0 Å². The fourth-order valence-electron chi connectivity index (χ4n) is 2.31. The van der Waals surface area contributed by atoms with Gasteiger partial charge in [-0.25, -0.2) is 0 Å². The Morgan fingerprint density at radius 3 is 2.52 bits per heavy atom. The summed E-state index contributed by atoms with van der Waals surface area (Å²) in [4.78, 5) is 0. The Kier molecular flexibility index (Phi) is 5.95. The van der Waals surface area contributed by atoms with E-state index in [1.54, 1.807) is 6.07 Å². The van der Waals surface area contributed by atoms with Crippen LogP contribution < -0.4 is 5.32 Å². The first-order valence-electron chi connectivity index (χ1n) is 6.98. The van der Waals surface area contributed by atoms with E-state index < -0.39 is 0 Å². The maximum absolute atomic E-state index is 6.49. The van der Waals surface area contributed by atoms with Crippen LogP contribution in [0.5, 0.6) is 0 Å². The van der Waals surface area contributed by atoms with Gasteiger partial charge in [-0.1, -0.05) is 59.9 Å². The summed E-state index contributed by atoms with van der Waals surface area (Å²) >= 11 is 19.0. The lowest BCUT2D eigenvalue weighted by Crippen LogP contribution is -2.24. The van der Waals surface area contributed by atoms with Crippen LogP contribution in [-0.4, -0.2) is 6.54 Å². The second-order valence-electron chi connectivity index (χ2n) is 5.03. The minimum absolute atomic E-state index is 0.0662. The molecule has 1 N–H and O–H groups in total. The number of benzene rings is 2. The van der Waals surface area contributed by atoms with Crippen molar-refractivity contribution in [3.63, 3.8) is 0 Å². The van der Waals surface area contributed by atoms with Crippen LogP contribution in [0.15, 0.2) is 36.4 Å². The molecule has 4 heteroatoms. The Bertz CT molecular complexity index is 623. The van der Waals surface area contributed by atoms with Gasteiger partial charge in [0.15, 0.2) is 0 Å². The molecule has 1 unspecified atom stereocenters. The van der Waals surface area contributed by atoms with Gasteiger partial charge >= 0.3 is 0 Å². The monoisotopic (exact) mass is 341 g/mol. The molecule has 2 aromatic carbocycles. The molecule has 1 nitrogen and oxygen atoms in total. The van der Waals surface area contributed by atoms with E-state index in [0.717, 1.165) is 34.7 Å². The van der Waals surface area contributed by atoms with Crippen molar-refractivity contribution in [2.24, 2.45) is 0 Å². The van der Waals surface area contributed by atoms with Gasteiger partial charge in [0.1, 0.15) is 0 Å². The number of rotatable bonds is 5. The average Bonchev–Trinajstić information content (AvgIpc) is 2.47. The molecule has 2 rings (SSSR count). The third-order valence-corrected chi connectivity index (χ3v) is 4.50. The van der Waals surface area contributed by atoms with Gasteiger partial charge < -0.3 is 5.32 Å². The minimum atomic E-state index is -0.0662. The highest BCUT2D eigenvalue weighted by Crippen LogP contribution is 2.35. The zero-order chi connectivity index (χ0) is 15.4. The molecule has 112 valence electrons. The van der Waals surface area contributed by atoms with Gasteiger partial charge in [0, 0.05) is 15.1 Å². The van der Waals surface area contributed by atoms with Crippen molar-refractivity contribution in [1.82, 2.24) is 5.32 Å². The summed E-state index contributed by atoms with van der Waals surface area (Å²) in [6, 6.07) is 11.5. The zero-order valence-electron chi connectivity index (χ0n) is 12.1. The number of hydrogen-bond donors (Lipinski definition) is 1. The first-order chi connectivity index (χ1) is 10.0. The molecule has 0 saturated carbocycles. The molecule has 0 aliphatic rings. The molecule has 0 radical (unpaired) electrons. The molecule has 0 spiro atoms. The molecule has 0 heterocycles. The lowest BCUT2D eigenvalue weighted by Gasteiger charge is -2.22. The number of halogens is 3. The van der Waals surface area contributed by atoms with Crippen LogP contribution in [0.4, 0.5) is 0 Å². The second-order valence-corrected chi connectivity index (χ2v) is 6.25. The Morgan fingerprint density at radius 1 is 1.05 bits per heavy atom. The van der Waals surface area contributed by atoms with Crippen LogP contribution in [0, 0.1) is 6.92 Å². The molecule has 2 aromatic rings. The van der Waals surface area contributed by atoms with Gasteiger partial charge in [-0.15, -0.1) is 0 Å². The predicted molar refractivity (Wildman–Crippen MR) is 92.8 cm³/mol. The van der Waals surface area contributed by atoms with E-state index >= 15 is 0 Å². The molecular weight excluding hydrogens is 325 g/mol. The van der Waals surface area contributed by atoms with E-state index in [1.807, 2.05) is 37.3 Å². The smallest absolute Gasteiger partial charge is 0.0606 e. The maximum Gasteiger partial charge on any atom is 0.0606 e. The first kappa shape index (κ1) is 16.6. The summed E-state index contributed by atoms with van der Waals surface area (Å²) in [5, 5.41) is 5.63. The quantitative estimate of drug-likeness (QED) is 0.698. The van der Waals surface area contributed by atoms with Gasteiger partial charge in [0.05, 0.1) is 6.04 Å². The van der Waals surface area contributed by atoms with Gasteiger partial charge in [-0.05, 0) is 54.8 Å². The van der Waals surface area contributed by atoms with Crippen LogP contribution in [0.1, 0.15) is 36.1 Å². The van der Waals surface area contributed by atoms with Crippen molar-refractivity contribution >= 4 is 34.8 Å². The summed E-state index contributed by atoms with van der Waals surface area (Å²) in [5.74, 6) is 0.